The van der Waals surface area contributed by atoms with Crippen LogP contribution in [0.1, 0.15) is 18.1 Å². The largest absolute Gasteiger partial charge is 0.506 e. The number of H-pyrrole nitrogens is 1. The number of anilines is 1. The summed E-state index contributed by atoms with van der Waals surface area (Å²) in [7, 11) is 0. The molecule has 1 aromatic heterocycles. The molecule has 0 bridgehead atoms. The standard InChI is InChI=1S/C19H20N2O2/c1-2-14-12-15-16(8-9-17(22)18(15)21-19(14)23)20-11-10-13-6-4-3-5-7-13/h3-9,12,20,22H,2,10-11H2,1H3,(H,21,23). The van der Waals surface area contributed by atoms with E-state index in [9.17, 15) is 9.90 Å². The van der Waals surface area contributed by atoms with Crippen LogP contribution in [-0.2, 0) is 12.8 Å². The van der Waals surface area contributed by atoms with Crippen LogP contribution in [0.4, 0.5) is 5.69 Å². The molecule has 4 nitrogen and oxygen atoms in total. The van der Waals surface area contributed by atoms with Crippen molar-refractivity contribution < 1.29 is 5.11 Å². The SMILES string of the molecule is CCc1cc2c(NCCc3ccccc3)ccc(O)c2[nH]c1=O. The minimum atomic E-state index is -0.142. The molecule has 4 heteroatoms. The van der Waals surface area contributed by atoms with Gasteiger partial charge in [-0.2, -0.15) is 0 Å². The van der Waals surface area contributed by atoms with E-state index in [1.807, 2.05) is 37.3 Å². The number of hydrogen-bond donors (Lipinski definition) is 3. The first-order chi connectivity index (χ1) is 11.2. The number of phenolic OH excluding ortho intramolecular Hbond substituents is 1. The van der Waals surface area contributed by atoms with Crippen molar-refractivity contribution >= 4 is 16.6 Å². The fraction of sp³-hybridized carbons (Fsp3) is 0.211. The first-order valence-corrected chi connectivity index (χ1v) is 7.84. The van der Waals surface area contributed by atoms with Gasteiger partial charge in [-0.1, -0.05) is 37.3 Å². The van der Waals surface area contributed by atoms with E-state index in [1.54, 1.807) is 6.07 Å². The summed E-state index contributed by atoms with van der Waals surface area (Å²) in [4.78, 5) is 14.7. The third kappa shape index (κ3) is 3.21. The molecule has 118 valence electrons. The van der Waals surface area contributed by atoms with E-state index >= 15 is 0 Å². The van der Waals surface area contributed by atoms with Crippen LogP contribution in [0.5, 0.6) is 5.75 Å². The predicted octanol–water partition coefficient (Wildman–Crippen LogP) is 3.45. The number of aromatic hydroxyl groups is 1. The lowest BCUT2D eigenvalue weighted by atomic mass is 10.1. The number of aromatic nitrogens is 1. The quantitative estimate of drug-likeness (QED) is 0.633. The van der Waals surface area contributed by atoms with Gasteiger partial charge in [0.15, 0.2) is 0 Å². The van der Waals surface area contributed by atoms with E-state index < -0.39 is 0 Å². The van der Waals surface area contributed by atoms with Gasteiger partial charge < -0.3 is 15.4 Å². The van der Waals surface area contributed by atoms with Crippen molar-refractivity contribution in [2.24, 2.45) is 0 Å². The topological polar surface area (TPSA) is 65.1 Å². The first kappa shape index (κ1) is 15.2. The lowest BCUT2D eigenvalue weighted by molar-refractivity contribution is 0.480. The van der Waals surface area contributed by atoms with E-state index in [4.69, 9.17) is 0 Å². The van der Waals surface area contributed by atoms with Gasteiger partial charge in [-0.3, -0.25) is 4.79 Å². The van der Waals surface area contributed by atoms with Gasteiger partial charge in [0.2, 0.25) is 0 Å². The highest BCUT2D eigenvalue weighted by Gasteiger charge is 2.09. The molecule has 0 atom stereocenters. The molecule has 1 heterocycles. The Morgan fingerprint density at radius 1 is 1.13 bits per heavy atom. The van der Waals surface area contributed by atoms with Crippen LogP contribution in [0.3, 0.4) is 0 Å². The Bertz CT molecular complexity index is 870. The average Bonchev–Trinajstić information content (AvgIpc) is 2.58. The van der Waals surface area contributed by atoms with Gasteiger partial charge in [-0.05, 0) is 36.6 Å². The van der Waals surface area contributed by atoms with E-state index in [0.29, 0.717) is 17.5 Å². The number of aromatic amines is 1. The lowest BCUT2D eigenvalue weighted by Gasteiger charge is -2.12. The van der Waals surface area contributed by atoms with Crippen LogP contribution in [0.15, 0.2) is 53.3 Å². The highest BCUT2D eigenvalue weighted by molar-refractivity contribution is 5.95. The first-order valence-electron chi connectivity index (χ1n) is 7.84. The van der Waals surface area contributed by atoms with Gasteiger partial charge in [0.1, 0.15) is 5.75 Å². The third-order valence-corrected chi connectivity index (χ3v) is 4.03. The van der Waals surface area contributed by atoms with Gasteiger partial charge in [0.25, 0.3) is 5.56 Å². The maximum atomic E-state index is 11.9. The third-order valence-electron chi connectivity index (χ3n) is 4.03. The molecule has 0 saturated heterocycles. The Balaban J connectivity index is 1.88. The number of pyridine rings is 1. The van der Waals surface area contributed by atoms with E-state index in [0.717, 1.165) is 24.0 Å². The summed E-state index contributed by atoms with van der Waals surface area (Å²) < 4.78 is 0. The summed E-state index contributed by atoms with van der Waals surface area (Å²) in [5.41, 5.74) is 3.24. The van der Waals surface area contributed by atoms with Crippen molar-refractivity contribution in [2.45, 2.75) is 19.8 Å². The van der Waals surface area contributed by atoms with Gasteiger partial charge >= 0.3 is 0 Å². The van der Waals surface area contributed by atoms with Crippen molar-refractivity contribution in [1.29, 1.82) is 0 Å². The highest BCUT2D eigenvalue weighted by atomic mass is 16.3. The summed E-state index contributed by atoms with van der Waals surface area (Å²) >= 11 is 0. The Morgan fingerprint density at radius 3 is 2.65 bits per heavy atom. The Labute approximate surface area is 134 Å². The van der Waals surface area contributed by atoms with Gasteiger partial charge in [0, 0.05) is 23.2 Å². The summed E-state index contributed by atoms with van der Waals surface area (Å²) in [5.74, 6) is 0.0911. The maximum Gasteiger partial charge on any atom is 0.251 e. The molecule has 0 fully saturated rings. The average molecular weight is 308 g/mol. The molecule has 0 amide bonds. The van der Waals surface area contributed by atoms with Crippen LogP contribution >= 0.6 is 0 Å². The second kappa shape index (κ2) is 6.57. The molecule has 3 rings (SSSR count). The number of phenols is 1. The molecule has 0 radical (unpaired) electrons. The molecular formula is C19H20N2O2. The fourth-order valence-electron chi connectivity index (χ4n) is 2.73. The molecule has 2 aromatic carbocycles. The van der Waals surface area contributed by atoms with Gasteiger partial charge in [0.05, 0.1) is 5.52 Å². The monoisotopic (exact) mass is 308 g/mol. The van der Waals surface area contributed by atoms with Crippen molar-refractivity contribution in [2.75, 3.05) is 11.9 Å². The minimum Gasteiger partial charge on any atom is -0.506 e. The molecule has 0 aliphatic carbocycles. The smallest absolute Gasteiger partial charge is 0.251 e. The number of benzene rings is 2. The summed E-state index contributed by atoms with van der Waals surface area (Å²) in [6.45, 7) is 2.73. The Hall–Kier alpha value is -2.75. The zero-order valence-electron chi connectivity index (χ0n) is 13.1. The second-order valence-electron chi connectivity index (χ2n) is 5.56. The molecular weight excluding hydrogens is 288 g/mol. The van der Waals surface area contributed by atoms with Gasteiger partial charge in [-0.25, -0.2) is 0 Å². The molecule has 0 spiro atoms. The second-order valence-corrected chi connectivity index (χ2v) is 5.56. The summed E-state index contributed by atoms with van der Waals surface area (Å²) in [6.07, 6.45) is 1.57. The molecule has 0 saturated carbocycles. The van der Waals surface area contributed by atoms with Crippen LogP contribution < -0.4 is 10.9 Å². The Morgan fingerprint density at radius 2 is 1.91 bits per heavy atom. The minimum absolute atomic E-state index is 0.0911. The van der Waals surface area contributed by atoms with Crippen molar-refractivity contribution in [3.8, 4) is 5.75 Å². The molecule has 0 aliphatic rings. The zero-order chi connectivity index (χ0) is 16.2. The maximum absolute atomic E-state index is 11.9. The van der Waals surface area contributed by atoms with Crippen LogP contribution in [0.25, 0.3) is 10.9 Å². The van der Waals surface area contributed by atoms with E-state index in [-0.39, 0.29) is 11.3 Å². The van der Waals surface area contributed by atoms with Gasteiger partial charge in [-0.15, -0.1) is 0 Å². The van der Waals surface area contributed by atoms with E-state index in [2.05, 4.69) is 22.4 Å². The Kier molecular flexibility index (Phi) is 4.33. The number of hydrogen-bond acceptors (Lipinski definition) is 3. The van der Waals surface area contributed by atoms with Crippen LogP contribution in [-0.4, -0.2) is 16.6 Å². The molecule has 23 heavy (non-hydrogen) atoms. The number of fused-ring (bicyclic) bond motifs is 1. The zero-order valence-corrected chi connectivity index (χ0v) is 13.1. The normalized spacial score (nSPS) is 10.8. The number of nitrogens with one attached hydrogen (secondary N) is 2. The summed E-state index contributed by atoms with van der Waals surface area (Å²) in [6, 6.07) is 15.6. The van der Waals surface area contributed by atoms with Crippen LogP contribution in [0, 0.1) is 0 Å². The predicted molar refractivity (Wildman–Crippen MR) is 94.2 cm³/mol. The highest BCUT2D eigenvalue weighted by Crippen LogP contribution is 2.29. The molecule has 3 N–H and O–H groups in total. The lowest BCUT2D eigenvalue weighted by Crippen LogP contribution is -2.12. The number of rotatable bonds is 5. The molecule has 0 aliphatic heterocycles. The molecule has 3 aromatic rings. The van der Waals surface area contributed by atoms with Crippen molar-refractivity contribution in [1.82, 2.24) is 4.98 Å². The van der Waals surface area contributed by atoms with Crippen molar-refractivity contribution in [3.05, 3.63) is 70.0 Å². The van der Waals surface area contributed by atoms with Crippen LogP contribution in [0.2, 0.25) is 0 Å². The molecule has 0 unspecified atom stereocenters. The van der Waals surface area contributed by atoms with Crippen molar-refractivity contribution in [3.63, 3.8) is 0 Å². The fourth-order valence-corrected chi connectivity index (χ4v) is 2.73. The summed E-state index contributed by atoms with van der Waals surface area (Å²) in [5, 5.41) is 14.2. The number of aryl methyl sites for hydroxylation is 1. The van der Waals surface area contributed by atoms with E-state index in [1.165, 1.54) is 5.56 Å².